The van der Waals surface area contributed by atoms with Crippen molar-refractivity contribution in [1.29, 1.82) is 0 Å². The van der Waals surface area contributed by atoms with Gasteiger partial charge in [0.25, 0.3) is 11.8 Å². The number of methoxy groups -OCH3 is 1. The number of benzene rings is 1. The molecule has 1 aromatic rings. The first-order valence-corrected chi connectivity index (χ1v) is 8.69. The number of imide groups is 2. The number of fused-ring (bicyclic) bond motifs is 1. The lowest BCUT2D eigenvalue weighted by molar-refractivity contribution is -0.136. The highest BCUT2D eigenvalue weighted by atomic mass is 16.5. The van der Waals surface area contributed by atoms with E-state index in [9.17, 15) is 19.2 Å². The van der Waals surface area contributed by atoms with E-state index in [0.717, 1.165) is 4.90 Å². The molecular formula is C18H21N3O6. The third kappa shape index (κ3) is 3.99. The zero-order valence-corrected chi connectivity index (χ0v) is 14.9. The molecule has 9 nitrogen and oxygen atoms in total. The maximum Gasteiger partial charge on any atom is 0.262 e. The molecule has 27 heavy (non-hydrogen) atoms. The van der Waals surface area contributed by atoms with E-state index in [4.69, 9.17) is 9.47 Å². The van der Waals surface area contributed by atoms with E-state index < -0.39 is 29.7 Å². The number of hydrogen-bond donors (Lipinski definition) is 2. The maximum absolute atomic E-state index is 12.7. The Balaban J connectivity index is 1.66. The fraction of sp³-hybridized carbons (Fsp3) is 0.444. The molecule has 2 heterocycles. The highest BCUT2D eigenvalue weighted by Gasteiger charge is 2.44. The Morgan fingerprint density at radius 3 is 2.63 bits per heavy atom. The van der Waals surface area contributed by atoms with Gasteiger partial charge in [0.15, 0.2) is 0 Å². The predicted molar refractivity (Wildman–Crippen MR) is 94.3 cm³/mol. The minimum Gasteiger partial charge on any atom is -0.383 e. The van der Waals surface area contributed by atoms with Gasteiger partial charge in [-0.15, -0.1) is 0 Å². The summed E-state index contributed by atoms with van der Waals surface area (Å²) >= 11 is 0. The SMILES string of the molecule is COCCOCCNc1ccc2c(c1)C(=O)N(C1CCC(=O)NC1=O)C2=O. The molecule has 0 radical (unpaired) electrons. The van der Waals surface area contributed by atoms with E-state index in [1.807, 2.05) is 0 Å². The van der Waals surface area contributed by atoms with Crippen molar-refractivity contribution < 1.29 is 28.7 Å². The lowest BCUT2D eigenvalue weighted by atomic mass is 10.0. The molecule has 144 valence electrons. The van der Waals surface area contributed by atoms with Gasteiger partial charge in [0.2, 0.25) is 11.8 Å². The van der Waals surface area contributed by atoms with Crippen LogP contribution in [0.3, 0.4) is 0 Å². The zero-order valence-electron chi connectivity index (χ0n) is 14.9. The third-order valence-electron chi connectivity index (χ3n) is 4.45. The van der Waals surface area contributed by atoms with Crippen molar-refractivity contribution >= 4 is 29.3 Å². The summed E-state index contributed by atoms with van der Waals surface area (Å²) in [5, 5.41) is 5.30. The fourth-order valence-corrected chi connectivity index (χ4v) is 3.09. The molecule has 1 aromatic carbocycles. The Hall–Kier alpha value is -2.78. The molecule has 1 unspecified atom stereocenters. The highest BCUT2D eigenvalue weighted by Crippen LogP contribution is 2.29. The number of rotatable bonds is 8. The summed E-state index contributed by atoms with van der Waals surface area (Å²) in [6.45, 7) is 2.01. The predicted octanol–water partition coefficient (Wildman–Crippen LogP) is 0.163. The van der Waals surface area contributed by atoms with Crippen LogP contribution in [-0.2, 0) is 19.1 Å². The van der Waals surface area contributed by atoms with Crippen LogP contribution in [-0.4, -0.2) is 68.0 Å². The Labute approximate surface area is 156 Å². The zero-order chi connectivity index (χ0) is 19.4. The van der Waals surface area contributed by atoms with Crippen LogP contribution in [0.15, 0.2) is 18.2 Å². The van der Waals surface area contributed by atoms with Crippen molar-refractivity contribution in [3.05, 3.63) is 29.3 Å². The molecule has 2 aliphatic heterocycles. The molecule has 1 fully saturated rings. The molecule has 0 saturated carbocycles. The third-order valence-corrected chi connectivity index (χ3v) is 4.45. The number of carbonyl (C=O) groups excluding carboxylic acids is 4. The van der Waals surface area contributed by atoms with Crippen molar-refractivity contribution in [2.75, 3.05) is 38.8 Å². The minimum absolute atomic E-state index is 0.0969. The second kappa shape index (κ2) is 8.28. The molecule has 0 aliphatic carbocycles. The maximum atomic E-state index is 12.7. The van der Waals surface area contributed by atoms with Crippen molar-refractivity contribution in [2.24, 2.45) is 0 Å². The quantitative estimate of drug-likeness (QED) is 0.491. The van der Waals surface area contributed by atoms with Crippen LogP contribution >= 0.6 is 0 Å². The van der Waals surface area contributed by atoms with Gasteiger partial charge in [-0.3, -0.25) is 29.4 Å². The van der Waals surface area contributed by atoms with Crippen LogP contribution in [0.25, 0.3) is 0 Å². The molecule has 0 bridgehead atoms. The largest absolute Gasteiger partial charge is 0.383 e. The second-order valence-corrected chi connectivity index (χ2v) is 6.24. The molecule has 0 aromatic heterocycles. The molecule has 4 amide bonds. The van der Waals surface area contributed by atoms with Crippen LogP contribution < -0.4 is 10.6 Å². The summed E-state index contributed by atoms with van der Waals surface area (Å²) in [7, 11) is 1.60. The smallest absolute Gasteiger partial charge is 0.262 e. The molecule has 2 aliphatic rings. The fourth-order valence-electron chi connectivity index (χ4n) is 3.09. The first kappa shape index (κ1) is 19.0. The van der Waals surface area contributed by atoms with Gasteiger partial charge in [0.1, 0.15) is 6.04 Å². The van der Waals surface area contributed by atoms with Gasteiger partial charge in [-0.05, 0) is 24.6 Å². The molecule has 2 N–H and O–H groups in total. The van der Waals surface area contributed by atoms with Crippen LogP contribution in [0.2, 0.25) is 0 Å². The molecule has 1 saturated heterocycles. The van der Waals surface area contributed by atoms with Gasteiger partial charge >= 0.3 is 0 Å². The number of nitrogens with zero attached hydrogens (tertiary/aromatic N) is 1. The van der Waals surface area contributed by atoms with E-state index in [1.165, 1.54) is 0 Å². The summed E-state index contributed by atoms with van der Waals surface area (Å²) in [4.78, 5) is 49.6. The molecular weight excluding hydrogens is 354 g/mol. The molecule has 9 heteroatoms. The Kier molecular flexibility index (Phi) is 5.82. The molecule has 1 atom stereocenters. The Bertz CT molecular complexity index is 778. The summed E-state index contributed by atoms with van der Waals surface area (Å²) in [5.41, 5.74) is 1.18. The Morgan fingerprint density at radius 1 is 1.11 bits per heavy atom. The lowest BCUT2D eigenvalue weighted by Crippen LogP contribution is -2.54. The van der Waals surface area contributed by atoms with Gasteiger partial charge in [0.05, 0.1) is 30.9 Å². The van der Waals surface area contributed by atoms with E-state index in [-0.39, 0.29) is 24.0 Å². The van der Waals surface area contributed by atoms with Gasteiger partial charge < -0.3 is 14.8 Å². The Morgan fingerprint density at radius 2 is 1.89 bits per heavy atom. The summed E-state index contributed by atoms with van der Waals surface area (Å²) in [5.74, 6) is -2.05. The summed E-state index contributed by atoms with van der Waals surface area (Å²) in [6, 6.07) is 3.90. The van der Waals surface area contributed by atoms with E-state index in [1.54, 1.807) is 25.3 Å². The van der Waals surface area contributed by atoms with E-state index >= 15 is 0 Å². The average Bonchev–Trinajstić information content (AvgIpc) is 2.89. The molecule has 0 spiro atoms. The average molecular weight is 375 g/mol. The number of anilines is 1. The second-order valence-electron chi connectivity index (χ2n) is 6.24. The van der Waals surface area contributed by atoms with Crippen molar-refractivity contribution in [3.63, 3.8) is 0 Å². The van der Waals surface area contributed by atoms with Crippen LogP contribution in [0.1, 0.15) is 33.6 Å². The number of piperidine rings is 1. The number of amides is 4. The van der Waals surface area contributed by atoms with Crippen LogP contribution in [0.5, 0.6) is 0 Å². The van der Waals surface area contributed by atoms with Crippen molar-refractivity contribution in [3.8, 4) is 0 Å². The van der Waals surface area contributed by atoms with Gasteiger partial charge in [-0.1, -0.05) is 0 Å². The van der Waals surface area contributed by atoms with E-state index in [2.05, 4.69) is 10.6 Å². The van der Waals surface area contributed by atoms with Crippen molar-refractivity contribution in [2.45, 2.75) is 18.9 Å². The summed E-state index contributed by atoms with van der Waals surface area (Å²) in [6.07, 6.45) is 0.236. The highest BCUT2D eigenvalue weighted by molar-refractivity contribution is 6.23. The number of ether oxygens (including phenoxy) is 2. The molecule has 3 rings (SSSR count). The van der Waals surface area contributed by atoms with Gasteiger partial charge in [-0.25, -0.2) is 0 Å². The topological polar surface area (TPSA) is 114 Å². The first-order chi connectivity index (χ1) is 13.0. The normalized spacial score (nSPS) is 19.3. The van der Waals surface area contributed by atoms with Gasteiger partial charge in [-0.2, -0.15) is 0 Å². The number of carbonyl (C=O) groups is 4. The first-order valence-electron chi connectivity index (χ1n) is 8.69. The lowest BCUT2D eigenvalue weighted by Gasteiger charge is -2.27. The monoisotopic (exact) mass is 375 g/mol. The van der Waals surface area contributed by atoms with Crippen LogP contribution in [0, 0.1) is 0 Å². The summed E-state index contributed by atoms with van der Waals surface area (Å²) < 4.78 is 10.2. The number of nitrogens with one attached hydrogen (secondary N) is 2. The van der Waals surface area contributed by atoms with Crippen LogP contribution in [0.4, 0.5) is 5.69 Å². The van der Waals surface area contributed by atoms with E-state index in [0.29, 0.717) is 32.1 Å². The number of hydrogen-bond acceptors (Lipinski definition) is 7. The van der Waals surface area contributed by atoms with Gasteiger partial charge in [0, 0.05) is 25.8 Å². The standard InChI is InChI=1S/C18H21N3O6/c1-26-8-9-27-7-6-19-11-2-3-12-13(10-11)18(25)21(17(12)24)14-4-5-15(22)20-16(14)23/h2-3,10,14,19H,4-9H2,1H3,(H,20,22,23). The van der Waals surface area contributed by atoms with Crippen molar-refractivity contribution in [1.82, 2.24) is 10.2 Å². The minimum atomic E-state index is -0.958.